The van der Waals surface area contributed by atoms with Crippen LogP contribution in [0.4, 0.5) is 5.69 Å². The Bertz CT molecular complexity index is 590. The Kier molecular flexibility index (Phi) is 3.72. The molecule has 0 spiro atoms. The van der Waals surface area contributed by atoms with Crippen LogP contribution >= 0.6 is 11.6 Å². The topological polar surface area (TPSA) is 33.5 Å². The van der Waals surface area contributed by atoms with Crippen molar-refractivity contribution in [3.05, 3.63) is 63.2 Å². The Hall–Kier alpha value is -1.74. The fourth-order valence-corrected chi connectivity index (χ4v) is 1.99. The van der Waals surface area contributed by atoms with Gasteiger partial charge in [-0.15, -0.1) is 0 Å². The molecule has 0 saturated carbocycles. The van der Waals surface area contributed by atoms with Gasteiger partial charge in [-0.3, -0.25) is 0 Å². The Labute approximate surface area is 111 Å². The molecule has 0 amide bonds. The average Bonchev–Trinajstić information content (AvgIpc) is 2.34. The Morgan fingerprint density at radius 1 is 1.22 bits per heavy atom. The molecule has 0 aliphatic rings. The molecule has 0 fully saturated rings. The number of halogens is 1. The van der Waals surface area contributed by atoms with Gasteiger partial charge in [0.15, 0.2) is 0 Å². The lowest BCUT2D eigenvalue weighted by molar-refractivity contribution is 0.469. The van der Waals surface area contributed by atoms with Gasteiger partial charge < -0.3 is 9.32 Å². The molecule has 0 atom stereocenters. The largest absolute Gasteiger partial charge is 0.426 e. The molecule has 1 aromatic heterocycles. The number of anilines is 1. The second kappa shape index (κ2) is 5.27. The number of hydrogen-bond acceptors (Lipinski definition) is 3. The van der Waals surface area contributed by atoms with E-state index in [9.17, 15) is 4.79 Å². The second-order valence-electron chi connectivity index (χ2n) is 4.26. The average molecular weight is 264 g/mol. The van der Waals surface area contributed by atoms with E-state index in [1.165, 1.54) is 0 Å². The molecule has 0 aliphatic heterocycles. The summed E-state index contributed by atoms with van der Waals surface area (Å²) in [6.07, 6.45) is 0.577. The van der Waals surface area contributed by atoms with Gasteiger partial charge in [-0.25, -0.2) is 4.79 Å². The highest BCUT2D eigenvalue weighted by Gasteiger charge is 2.11. The van der Waals surface area contributed by atoms with Gasteiger partial charge in [-0.05, 0) is 5.56 Å². The molecule has 3 nitrogen and oxygen atoms in total. The summed E-state index contributed by atoms with van der Waals surface area (Å²) < 4.78 is 5.19. The minimum absolute atomic E-state index is 0.122. The first kappa shape index (κ1) is 12.7. The van der Waals surface area contributed by atoms with E-state index in [1.54, 1.807) is 11.0 Å². The molecule has 0 aliphatic carbocycles. The van der Waals surface area contributed by atoms with Crippen LogP contribution in [0, 0.1) is 0 Å². The van der Waals surface area contributed by atoms with E-state index in [0.717, 1.165) is 5.56 Å². The van der Waals surface area contributed by atoms with E-state index in [0.29, 0.717) is 17.9 Å². The summed E-state index contributed by atoms with van der Waals surface area (Å²) in [4.78, 5) is 13.4. The van der Waals surface area contributed by atoms with E-state index >= 15 is 0 Å². The first-order valence-corrected chi connectivity index (χ1v) is 5.99. The van der Waals surface area contributed by atoms with Crippen molar-refractivity contribution >= 4 is 17.3 Å². The fourth-order valence-electron chi connectivity index (χ4n) is 1.72. The van der Waals surface area contributed by atoms with Gasteiger partial charge in [0.05, 0.1) is 5.69 Å². The molecule has 0 saturated heterocycles. The lowest BCUT2D eigenvalue weighted by Gasteiger charge is -2.14. The first-order valence-electron chi connectivity index (χ1n) is 5.61. The molecule has 94 valence electrons. The zero-order valence-electron chi connectivity index (χ0n) is 10.3. The predicted molar refractivity (Wildman–Crippen MR) is 73.6 cm³/mol. The molecule has 0 bridgehead atoms. The van der Waals surface area contributed by atoms with Crippen molar-refractivity contribution in [3.8, 4) is 0 Å². The summed E-state index contributed by atoms with van der Waals surface area (Å²) in [6, 6.07) is 11.6. The van der Waals surface area contributed by atoms with Crippen molar-refractivity contribution in [3.63, 3.8) is 0 Å². The second-order valence-corrected chi connectivity index (χ2v) is 4.63. The number of benzene rings is 1. The van der Waals surface area contributed by atoms with Crippen molar-refractivity contribution in [1.29, 1.82) is 0 Å². The van der Waals surface area contributed by atoms with E-state index in [1.807, 2.05) is 44.4 Å². The lowest BCUT2D eigenvalue weighted by atomic mass is 10.1. The van der Waals surface area contributed by atoms with E-state index < -0.39 is 5.63 Å². The monoisotopic (exact) mass is 263 g/mol. The summed E-state index contributed by atoms with van der Waals surface area (Å²) in [6.45, 7) is 0. The Morgan fingerprint density at radius 3 is 2.50 bits per heavy atom. The van der Waals surface area contributed by atoms with E-state index in [-0.39, 0.29) is 5.02 Å². The smallest absolute Gasteiger partial charge is 0.356 e. The van der Waals surface area contributed by atoms with Crippen LogP contribution in [-0.2, 0) is 6.42 Å². The zero-order valence-corrected chi connectivity index (χ0v) is 11.1. The van der Waals surface area contributed by atoms with Crippen molar-refractivity contribution < 1.29 is 4.42 Å². The maximum atomic E-state index is 11.6. The molecule has 4 heteroatoms. The SMILES string of the molecule is CN(C)c1cc(Cc2ccccc2)oc(=O)c1Cl. The van der Waals surface area contributed by atoms with Gasteiger partial charge in [-0.1, -0.05) is 41.9 Å². The first-order chi connectivity index (χ1) is 8.58. The van der Waals surface area contributed by atoms with E-state index in [2.05, 4.69) is 0 Å². The van der Waals surface area contributed by atoms with Crippen molar-refractivity contribution in [2.45, 2.75) is 6.42 Å². The quantitative estimate of drug-likeness (QED) is 0.854. The van der Waals surface area contributed by atoms with Crippen LogP contribution in [0.1, 0.15) is 11.3 Å². The van der Waals surface area contributed by atoms with Gasteiger partial charge in [0.25, 0.3) is 0 Å². The van der Waals surface area contributed by atoms with Crippen LogP contribution in [0.2, 0.25) is 5.02 Å². The lowest BCUT2D eigenvalue weighted by Crippen LogP contribution is -2.14. The standard InChI is InChI=1S/C14H14ClNO2/c1-16(2)12-9-11(18-14(17)13(12)15)8-10-6-4-3-5-7-10/h3-7,9H,8H2,1-2H3. The molecule has 0 N–H and O–H groups in total. The number of rotatable bonds is 3. The van der Waals surface area contributed by atoms with Crippen LogP contribution in [0.15, 0.2) is 45.6 Å². The maximum Gasteiger partial charge on any atom is 0.356 e. The predicted octanol–water partition coefficient (Wildman–Crippen LogP) is 2.95. The molecule has 1 aromatic carbocycles. The number of hydrogen-bond donors (Lipinski definition) is 0. The summed E-state index contributed by atoms with van der Waals surface area (Å²) in [5.74, 6) is 0.610. The molecule has 0 radical (unpaired) electrons. The third kappa shape index (κ3) is 2.74. The molecule has 2 rings (SSSR count). The molecule has 1 heterocycles. The molecule has 2 aromatic rings. The third-order valence-electron chi connectivity index (χ3n) is 2.63. The summed E-state index contributed by atoms with van der Waals surface area (Å²) >= 11 is 5.92. The Morgan fingerprint density at radius 2 is 1.89 bits per heavy atom. The minimum Gasteiger partial charge on any atom is -0.426 e. The third-order valence-corrected chi connectivity index (χ3v) is 2.98. The molecular formula is C14H14ClNO2. The summed E-state index contributed by atoms with van der Waals surface area (Å²) in [5.41, 5.74) is 1.28. The van der Waals surface area contributed by atoms with Gasteiger partial charge >= 0.3 is 5.63 Å². The van der Waals surface area contributed by atoms with Crippen molar-refractivity contribution in [2.75, 3.05) is 19.0 Å². The maximum absolute atomic E-state index is 11.6. The normalized spacial score (nSPS) is 10.4. The highest BCUT2D eigenvalue weighted by atomic mass is 35.5. The number of nitrogens with zero attached hydrogens (tertiary/aromatic N) is 1. The van der Waals surface area contributed by atoms with Gasteiger partial charge in [0.1, 0.15) is 10.8 Å². The summed E-state index contributed by atoms with van der Waals surface area (Å²) in [7, 11) is 3.68. The van der Waals surface area contributed by atoms with Crippen LogP contribution in [0.3, 0.4) is 0 Å². The van der Waals surface area contributed by atoms with Crippen molar-refractivity contribution in [2.24, 2.45) is 0 Å². The van der Waals surface area contributed by atoms with E-state index in [4.69, 9.17) is 16.0 Å². The molecule has 0 unspecified atom stereocenters. The summed E-state index contributed by atoms with van der Waals surface area (Å²) in [5, 5.41) is 0.122. The zero-order chi connectivity index (χ0) is 13.1. The van der Waals surface area contributed by atoms with Crippen LogP contribution in [0.5, 0.6) is 0 Å². The van der Waals surface area contributed by atoms with Crippen LogP contribution in [-0.4, -0.2) is 14.1 Å². The molecular weight excluding hydrogens is 250 g/mol. The van der Waals surface area contributed by atoms with Crippen molar-refractivity contribution in [1.82, 2.24) is 0 Å². The van der Waals surface area contributed by atoms with Gasteiger partial charge in [-0.2, -0.15) is 0 Å². The molecule has 18 heavy (non-hydrogen) atoms. The van der Waals surface area contributed by atoms with Gasteiger partial charge in [0.2, 0.25) is 0 Å². The van der Waals surface area contributed by atoms with Crippen LogP contribution < -0.4 is 10.5 Å². The highest BCUT2D eigenvalue weighted by molar-refractivity contribution is 6.32. The highest BCUT2D eigenvalue weighted by Crippen LogP contribution is 2.22. The van der Waals surface area contributed by atoms with Crippen LogP contribution in [0.25, 0.3) is 0 Å². The fraction of sp³-hybridized carbons (Fsp3) is 0.214. The Balaban J connectivity index is 2.38. The minimum atomic E-state index is -0.492. The van der Waals surface area contributed by atoms with Gasteiger partial charge in [0, 0.05) is 26.6 Å².